The van der Waals surface area contributed by atoms with Gasteiger partial charge in [-0.25, -0.2) is 0 Å². The Bertz CT molecular complexity index is 814. The van der Waals surface area contributed by atoms with Crippen LogP contribution in [0.1, 0.15) is 48.2 Å². The van der Waals surface area contributed by atoms with Crippen molar-refractivity contribution in [2.45, 2.75) is 49.4 Å². The quantitative estimate of drug-likeness (QED) is 0.567. The summed E-state index contributed by atoms with van der Waals surface area (Å²) in [7, 11) is 0. The minimum atomic E-state index is -0.0516. The van der Waals surface area contributed by atoms with Gasteiger partial charge in [0, 0.05) is 27.2 Å². The number of rotatable bonds is 5. The molecule has 2 nitrogen and oxygen atoms in total. The molecule has 0 atom stereocenters. The Morgan fingerprint density at radius 2 is 1.92 bits per heavy atom. The van der Waals surface area contributed by atoms with Crippen LogP contribution < -0.4 is 0 Å². The molecule has 0 N–H and O–H groups in total. The van der Waals surface area contributed by atoms with Crippen molar-refractivity contribution in [3.8, 4) is 0 Å². The van der Waals surface area contributed by atoms with Crippen molar-refractivity contribution < 1.29 is 4.79 Å². The highest BCUT2D eigenvalue weighted by Gasteiger charge is 2.47. The van der Waals surface area contributed by atoms with Gasteiger partial charge in [0.1, 0.15) is 0 Å². The van der Waals surface area contributed by atoms with E-state index in [4.69, 9.17) is 0 Å². The third kappa shape index (κ3) is 3.26. The largest absolute Gasteiger partial charge is 0.329 e. The van der Waals surface area contributed by atoms with Gasteiger partial charge in [-0.05, 0) is 55.9 Å². The van der Waals surface area contributed by atoms with E-state index in [-0.39, 0.29) is 11.4 Å². The molecule has 1 aliphatic heterocycles. The van der Waals surface area contributed by atoms with Crippen LogP contribution in [0.4, 0.5) is 0 Å². The average molecular weight is 416 g/mol. The van der Waals surface area contributed by atoms with E-state index in [1.54, 1.807) is 11.8 Å². The van der Waals surface area contributed by atoms with E-state index >= 15 is 0 Å². The molecule has 1 fully saturated rings. The predicted octanol–water partition coefficient (Wildman–Crippen LogP) is 5.89. The lowest BCUT2D eigenvalue weighted by molar-refractivity contribution is 0.0521. The lowest BCUT2D eigenvalue weighted by Crippen LogP contribution is -2.45. The summed E-state index contributed by atoms with van der Waals surface area (Å²) in [4.78, 5) is 16.4. The zero-order chi connectivity index (χ0) is 17.6. The summed E-state index contributed by atoms with van der Waals surface area (Å²) in [5, 5.41) is 0. The summed E-state index contributed by atoms with van der Waals surface area (Å²) in [6.07, 6.45) is 2.48. The predicted molar refractivity (Wildman–Crippen MR) is 107 cm³/mol. The summed E-state index contributed by atoms with van der Waals surface area (Å²) < 4.78 is 1.06. The number of thioether (sulfide) groups is 1. The molecule has 4 rings (SSSR count). The molecule has 4 heteroatoms. The maximum Gasteiger partial charge on any atom is 0.256 e. The van der Waals surface area contributed by atoms with Crippen molar-refractivity contribution in [3.63, 3.8) is 0 Å². The Morgan fingerprint density at radius 1 is 1.20 bits per heavy atom. The first-order chi connectivity index (χ1) is 12.0. The SMILES string of the molecule is CC(C)(C1CC1)N1Cc2cc(Br)cc(SCc3ccccc3)c2C1=O. The fourth-order valence-corrected chi connectivity index (χ4v) is 5.45. The van der Waals surface area contributed by atoms with Gasteiger partial charge in [0.2, 0.25) is 0 Å². The minimum Gasteiger partial charge on any atom is -0.329 e. The molecule has 0 saturated heterocycles. The smallest absolute Gasteiger partial charge is 0.256 e. The van der Waals surface area contributed by atoms with E-state index in [1.807, 2.05) is 6.07 Å². The Kier molecular flexibility index (Phi) is 4.45. The van der Waals surface area contributed by atoms with Gasteiger partial charge < -0.3 is 4.90 Å². The monoisotopic (exact) mass is 415 g/mol. The van der Waals surface area contributed by atoms with Crippen LogP contribution in [0.5, 0.6) is 0 Å². The lowest BCUT2D eigenvalue weighted by Gasteiger charge is -2.36. The van der Waals surface area contributed by atoms with Gasteiger partial charge in [-0.2, -0.15) is 0 Å². The highest BCUT2D eigenvalue weighted by molar-refractivity contribution is 9.10. The van der Waals surface area contributed by atoms with Crippen LogP contribution in [0.3, 0.4) is 0 Å². The van der Waals surface area contributed by atoms with E-state index in [2.05, 4.69) is 71.1 Å². The van der Waals surface area contributed by atoms with Crippen LogP contribution >= 0.6 is 27.7 Å². The van der Waals surface area contributed by atoms with E-state index in [1.165, 1.54) is 18.4 Å². The molecule has 0 radical (unpaired) electrons. The first-order valence-electron chi connectivity index (χ1n) is 8.78. The molecular weight excluding hydrogens is 394 g/mol. The summed E-state index contributed by atoms with van der Waals surface area (Å²) in [5.41, 5.74) is 3.30. The van der Waals surface area contributed by atoms with Crippen LogP contribution in [0.25, 0.3) is 0 Å². The summed E-state index contributed by atoms with van der Waals surface area (Å²) in [6.45, 7) is 5.18. The van der Waals surface area contributed by atoms with Crippen LogP contribution in [-0.2, 0) is 12.3 Å². The molecule has 1 amide bonds. The second kappa shape index (κ2) is 6.48. The molecule has 0 spiro atoms. The van der Waals surface area contributed by atoms with Gasteiger partial charge >= 0.3 is 0 Å². The minimum absolute atomic E-state index is 0.0516. The third-order valence-corrected chi connectivity index (χ3v) is 7.01. The maximum atomic E-state index is 13.2. The van der Waals surface area contributed by atoms with Gasteiger partial charge in [0.25, 0.3) is 5.91 Å². The average Bonchev–Trinajstić information content (AvgIpc) is 3.39. The third-order valence-electron chi connectivity index (χ3n) is 5.45. The molecule has 0 bridgehead atoms. The fraction of sp³-hybridized carbons (Fsp3) is 0.381. The first-order valence-corrected chi connectivity index (χ1v) is 10.6. The van der Waals surface area contributed by atoms with E-state index in [0.29, 0.717) is 5.92 Å². The summed E-state index contributed by atoms with van der Waals surface area (Å²) in [6, 6.07) is 14.6. The van der Waals surface area contributed by atoms with Crippen molar-refractivity contribution in [3.05, 3.63) is 63.6 Å². The standard InChI is InChI=1S/C21H22BrNOS/c1-21(2,16-8-9-16)23-12-15-10-17(22)11-18(19(15)20(23)24)25-13-14-6-4-3-5-7-14/h3-7,10-11,16H,8-9,12-13H2,1-2H3. The Morgan fingerprint density at radius 3 is 2.60 bits per heavy atom. The van der Waals surface area contributed by atoms with Crippen molar-refractivity contribution in [1.29, 1.82) is 0 Å². The zero-order valence-electron chi connectivity index (χ0n) is 14.6. The van der Waals surface area contributed by atoms with E-state index in [0.717, 1.165) is 32.8 Å². The number of amides is 1. The zero-order valence-corrected chi connectivity index (χ0v) is 17.0. The van der Waals surface area contributed by atoms with Gasteiger partial charge in [-0.15, -0.1) is 11.8 Å². The van der Waals surface area contributed by atoms with Gasteiger partial charge in [0.15, 0.2) is 0 Å². The van der Waals surface area contributed by atoms with Crippen LogP contribution in [-0.4, -0.2) is 16.3 Å². The van der Waals surface area contributed by atoms with Gasteiger partial charge in [-0.1, -0.05) is 46.3 Å². The van der Waals surface area contributed by atoms with Crippen molar-refractivity contribution >= 4 is 33.6 Å². The Balaban J connectivity index is 1.62. The normalized spacial score (nSPS) is 17.1. The highest BCUT2D eigenvalue weighted by Crippen LogP contribution is 2.47. The molecule has 1 heterocycles. The molecule has 2 aromatic rings. The number of carbonyl (C=O) groups excluding carboxylic acids is 1. The fourth-order valence-electron chi connectivity index (χ4n) is 3.71. The molecule has 0 aromatic heterocycles. The summed E-state index contributed by atoms with van der Waals surface area (Å²) in [5.74, 6) is 1.73. The first kappa shape index (κ1) is 17.2. The van der Waals surface area contributed by atoms with Crippen molar-refractivity contribution in [2.75, 3.05) is 0 Å². The van der Waals surface area contributed by atoms with E-state index in [9.17, 15) is 4.79 Å². The second-order valence-electron chi connectivity index (χ2n) is 7.53. The number of nitrogens with zero attached hydrogens (tertiary/aromatic N) is 1. The van der Waals surface area contributed by atoms with Crippen LogP contribution in [0.15, 0.2) is 51.8 Å². The molecule has 130 valence electrons. The Hall–Kier alpha value is -1.26. The number of halogens is 1. The molecule has 1 saturated carbocycles. The molecule has 2 aliphatic rings. The van der Waals surface area contributed by atoms with Gasteiger partial charge in [0.05, 0.1) is 5.56 Å². The number of carbonyl (C=O) groups is 1. The number of hydrogen-bond acceptors (Lipinski definition) is 2. The van der Waals surface area contributed by atoms with Crippen molar-refractivity contribution in [1.82, 2.24) is 4.90 Å². The number of fused-ring (bicyclic) bond motifs is 1. The molecule has 2 aromatic carbocycles. The molecule has 0 unspecified atom stereocenters. The number of benzene rings is 2. The highest BCUT2D eigenvalue weighted by atomic mass is 79.9. The molecule has 25 heavy (non-hydrogen) atoms. The Labute approximate surface area is 162 Å². The topological polar surface area (TPSA) is 20.3 Å². The van der Waals surface area contributed by atoms with Crippen LogP contribution in [0, 0.1) is 5.92 Å². The lowest BCUT2D eigenvalue weighted by atomic mass is 9.96. The summed E-state index contributed by atoms with van der Waals surface area (Å²) >= 11 is 5.39. The maximum absolute atomic E-state index is 13.2. The number of hydrogen-bond donors (Lipinski definition) is 0. The van der Waals surface area contributed by atoms with Gasteiger partial charge in [-0.3, -0.25) is 4.79 Å². The molecular formula is C21H22BrNOS. The van der Waals surface area contributed by atoms with E-state index < -0.39 is 0 Å². The second-order valence-corrected chi connectivity index (χ2v) is 9.46. The molecule has 1 aliphatic carbocycles. The van der Waals surface area contributed by atoms with Crippen LogP contribution in [0.2, 0.25) is 0 Å². The van der Waals surface area contributed by atoms with Crippen molar-refractivity contribution in [2.24, 2.45) is 5.92 Å².